The van der Waals surface area contributed by atoms with Crippen LogP contribution in [0.25, 0.3) is 0 Å². The molecule has 0 aliphatic rings. The lowest BCUT2D eigenvalue weighted by molar-refractivity contribution is -0.492. The van der Waals surface area contributed by atoms with E-state index in [0.717, 1.165) is 0 Å². The molecule has 0 radical (unpaired) electrons. The van der Waals surface area contributed by atoms with Crippen LogP contribution in [0, 0.1) is 10.1 Å². The summed E-state index contributed by atoms with van der Waals surface area (Å²) in [5.74, 6) is 0.844. The summed E-state index contributed by atoms with van der Waals surface area (Å²) in [7, 11) is 0. The maximum absolute atomic E-state index is 10.0. The van der Waals surface area contributed by atoms with Crippen LogP contribution in [-0.4, -0.2) is 16.6 Å². The Hall–Kier alpha value is -1.07. The first-order valence-electron chi connectivity index (χ1n) is 3.58. The fraction of sp³-hybridized carbons (Fsp3) is 0.429. The Balaban J connectivity index is 2.65. The van der Waals surface area contributed by atoms with E-state index in [-0.39, 0.29) is 11.6 Å². The molecule has 0 saturated carbocycles. The van der Waals surface area contributed by atoms with Gasteiger partial charge in [-0.05, 0) is 12.1 Å². The minimum atomic E-state index is -1.20. The van der Waals surface area contributed by atoms with Gasteiger partial charge in [0.15, 0.2) is 6.10 Å². The van der Waals surface area contributed by atoms with Gasteiger partial charge in [-0.1, -0.05) is 0 Å². The standard InChI is InChI=1S/C7H8ClNO4/c8-3-5-1-2-7(13-5)6(10)4-9(11)12/h1-2,6,10H,3-4H2. The molecule has 0 spiro atoms. The first-order valence-corrected chi connectivity index (χ1v) is 4.11. The molecule has 0 aromatic carbocycles. The topological polar surface area (TPSA) is 76.5 Å². The number of furan rings is 1. The van der Waals surface area contributed by atoms with Gasteiger partial charge in [-0.25, -0.2) is 0 Å². The quantitative estimate of drug-likeness (QED) is 0.457. The maximum atomic E-state index is 10.0. The highest BCUT2D eigenvalue weighted by atomic mass is 35.5. The van der Waals surface area contributed by atoms with Gasteiger partial charge in [0.1, 0.15) is 11.5 Å². The largest absolute Gasteiger partial charge is 0.462 e. The number of alkyl halides is 1. The minimum Gasteiger partial charge on any atom is -0.462 e. The summed E-state index contributed by atoms with van der Waals surface area (Å²) >= 11 is 5.44. The summed E-state index contributed by atoms with van der Waals surface area (Å²) in [6, 6.07) is 3.05. The first kappa shape index (κ1) is 10.0. The molecule has 0 bridgehead atoms. The van der Waals surface area contributed by atoms with Crippen LogP contribution in [0.2, 0.25) is 0 Å². The van der Waals surface area contributed by atoms with Crippen LogP contribution in [0.4, 0.5) is 0 Å². The Bertz CT molecular complexity index is 298. The molecule has 0 saturated heterocycles. The van der Waals surface area contributed by atoms with Crippen molar-refractivity contribution in [2.24, 2.45) is 0 Å². The monoisotopic (exact) mass is 205 g/mol. The lowest BCUT2D eigenvalue weighted by atomic mass is 10.3. The Morgan fingerprint density at radius 1 is 1.69 bits per heavy atom. The van der Waals surface area contributed by atoms with E-state index in [1.807, 2.05) is 0 Å². The van der Waals surface area contributed by atoms with Crippen LogP contribution >= 0.6 is 11.6 Å². The fourth-order valence-electron chi connectivity index (χ4n) is 0.877. The second-order valence-electron chi connectivity index (χ2n) is 2.47. The number of rotatable bonds is 4. The normalized spacial score (nSPS) is 12.8. The molecule has 1 heterocycles. The van der Waals surface area contributed by atoms with Gasteiger partial charge >= 0.3 is 0 Å². The molecule has 1 N–H and O–H groups in total. The van der Waals surface area contributed by atoms with Crippen molar-refractivity contribution in [3.8, 4) is 0 Å². The van der Waals surface area contributed by atoms with Crippen molar-refractivity contribution in [1.82, 2.24) is 0 Å². The van der Waals surface area contributed by atoms with E-state index in [0.29, 0.717) is 5.76 Å². The van der Waals surface area contributed by atoms with E-state index < -0.39 is 17.6 Å². The molecular weight excluding hydrogens is 198 g/mol. The summed E-state index contributed by atoms with van der Waals surface area (Å²) in [6.45, 7) is -0.560. The second kappa shape index (κ2) is 4.25. The summed E-state index contributed by atoms with van der Waals surface area (Å²) in [5, 5.41) is 19.3. The molecule has 1 aromatic rings. The maximum Gasteiger partial charge on any atom is 0.236 e. The summed E-state index contributed by atoms with van der Waals surface area (Å²) in [6.07, 6.45) is -1.20. The average molecular weight is 206 g/mol. The predicted molar refractivity (Wildman–Crippen MR) is 45.1 cm³/mol. The average Bonchev–Trinajstić information content (AvgIpc) is 2.50. The number of nitrogens with zero attached hydrogens (tertiary/aromatic N) is 1. The van der Waals surface area contributed by atoms with Crippen molar-refractivity contribution in [2.75, 3.05) is 6.54 Å². The van der Waals surface area contributed by atoms with E-state index in [1.54, 1.807) is 6.07 Å². The molecule has 0 fully saturated rings. The summed E-state index contributed by atoms with van der Waals surface area (Å²) in [4.78, 5) is 9.43. The molecular formula is C7H8ClNO4. The molecule has 13 heavy (non-hydrogen) atoms. The number of aliphatic hydroxyl groups excluding tert-OH is 1. The van der Waals surface area contributed by atoms with Gasteiger partial charge in [0.2, 0.25) is 6.54 Å². The van der Waals surface area contributed by atoms with Crippen molar-refractivity contribution in [3.63, 3.8) is 0 Å². The molecule has 72 valence electrons. The van der Waals surface area contributed by atoms with Crippen LogP contribution in [0.3, 0.4) is 0 Å². The first-order chi connectivity index (χ1) is 6.13. The van der Waals surface area contributed by atoms with Crippen LogP contribution in [0.1, 0.15) is 17.6 Å². The Morgan fingerprint density at radius 3 is 2.85 bits per heavy atom. The number of hydrogen-bond acceptors (Lipinski definition) is 4. The molecule has 0 aliphatic carbocycles. The molecule has 1 unspecified atom stereocenters. The summed E-state index contributed by atoms with van der Waals surface area (Å²) in [5.41, 5.74) is 0. The second-order valence-corrected chi connectivity index (χ2v) is 2.74. The SMILES string of the molecule is O=[N+]([O-])CC(O)c1ccc(CCl)o1. The van der Waals surface area contributed by atoms with E-state index in [2.05, 4.69) is 0 Å². The van der Waals surface area contributed by atoms with Crippen molar-refractivity contribution < 1.29 is 14.4 Å². The third-order valence-corrected chi connectivity index (χ3v) is 1.73. The molecule has 1 aromatic heterocycles. The van der Waals surface area contributed by atoms with Gasteiger partial charge in [0.05, 0.1) is 5.88 Å². The van der Waals surface area contributed by atoms with Gasteiger partial charge in [0.25, 0.3) is 0 Å². The predicted octanol–water partition coefficient (Wildman–Crippen LogP) is 1.33. The number of aliphatic hydroxyl groups is 1. The zero-order chi connectivity index (χ0) is 9.84. The molecule has 0 aliphatic heterocycles. The van der Waals surface area contributed by atoms with Gasteiger partial charge in [-0.2, -0.15) is 0 Å². The van der Waals surface area contributed by atoms with E-state index in [1.165, 1.54) is 6.07 Å². The van der Waals surface area contributed by atoms with Crippen LogP contribution in [-0.2, 0) is 5.88 Å². The van der Waals surface area contributed by atoms with Gasteiger partial charge in [0, 0.05) is 4.92 Å². The number of halogens is 1. The van der Waals surface area contributed by atoms with Crippen molar-refractivity contribution in [3.05, 3.63) is 33.8 Å². The highest BCUT2D eigenvalue weighted by Gasteiger charge is 2.17. The van der Waals surface area contributed by atoms with Crippen molar-refractivity contribution in [1.29, 1.82) is 0 Å². The zero-order valence-electron chi connectivity index (χ0n) is 6.64. The molecule has 0 amide bonds. The third-order valence-electron chi connectivity index (χ3n) is 1.46. The molecule has 1 atom stereocenters. The Kier molecular flexibility index (Phi) is 3.27. The lowest BCUT2D eigenvalue weighted by Gasteiger charge is -2.00. The Morgan fingerprint density at radius 2 is 2.38 bits per heavy atom. The highest BCUT2D eigenvalue weighted by molar-refractivity contribution is 6.16. The minimum absolute atomic E-state index is 0.173. The van der Waals surface area contributed by atoms with Crippen LogP contribution < -0.4 is 0 Å². The Labute approximate surface area is 79.1 Å². The van der Waals surface area contributed by atoms with E-state index in [4.69, 9.17) is 16.0 Å². The molecule has 1 rings (SSSR count). The van der Waals surface area contributed by atoms with Gasteiger partial charge in [-0.15, -0.1) is 11.6 Å². The van der Waals surface area contributed by atoms with Gasteiger partial charge < -0.3 is 9.52 Å². The summed E-state index contributed by atoms with van der Waals surface area (Å²) < 4.78 is 5.01. The highest BCUT2D eigenvalue weighted by Crippen LogP contribution is 2.17. The number of hydrogen-bond donors (Lipinski definition) is 1. The zero-order valence-corrected chi connectivity index (χ0v) is 7.40. The van der Waals surface area contributed by atoms with Crippen LogP contribution in [0.5, 0.6) is 0 Å². The number of nitro groups is 1. The van der Waals surface area contributed by atoms with Crippen LogP contribution in [0.15, 0.2) is 16.5 Å². The molecule has 6 heteroatoms. The smallest absolute Gasteiger partial charge is 0.236 e. The fourth-order valence-corrected chi connectivity index (χ4v) is 1.02. The van der Waals surface area contributed by atoms with E-state index in [9.17, 15) is 15.2 Å². The van der Waals surface area contributed by atoms with Crippen molar-refractivity contribution in [2.45, 2.75) is 12.0 Å². The van der Waals surface area contributed by atoms with E-state index >= 15 is 0 Å². The third kappa shape index (κ3) is 2.71. The molecule has 5 nitrogen and oxygen atoms in total. The van der Waals surface area contributed by atoms with Crippen molar-refractivity contribution >= 4 is 11.6 Å². The van der Waals surface area contributed by atoms with Gasteiger partial charge in [-0.3, -0.25) is 10.1 Å². The lowest BCUT2D eigenvalue weighted by Crippen LogP contribution is -2.10.